The maximum Gasteiger partial charge on any atom is 0.325 e. The molecule has 1 saturated heterocycles. The van der Waals surface area contributed by atoms with Crippen molar-refractivity contribution in [1.82, 2.24) is 14.8 Å². The molecular formula is C26H27N3O3. The summed E-state index contributed by atoms with van der Waals surface area (Å²) in [6, 6.07) is 16.8. The Bertz CT molecular complexity index is 1220. The van der Waals surface area contributed by atoms with E-state index in [1.165, 1.54) is 0 Å². The van der Waals surface area contributed by atoms with Crippen molar-refractivity contribution in [3.8, 4) is 5.69 Å². The Balaban J connectivity index is 1.60. The van der Waals surface area contributed by atoms with Gasteiger partial charge in [-0.15, -0.1) is 0 Å². The summed E-state index contributed by atoms with van der Waals surface area (Å²) in [5, 5.41) is 2.77. The first kappa shape index (κ1) is 21.6. The smallest absolute Gasteiger partial charge is 0.319 e. The van der Waals surface area contributed by atoms with Crippen molar-refractivity contribution in [3.63, 3.8) is 0 Å². The van der Waals surface area contributed by atoms with Crippen molar-refractivity contribution in [2.24, 2.45) is 0 Å². The highest BCUT2D eigenvalue weighted by molar-refractivity contribution is 6.11. The molecule has 0 spiro atoms. The number of amides is 3. The number of carbonyl (C=O) groups excluding carboxylic acids is 3. The van der Waals surface area contributed by atoms with Crippen LogP contribution in [-0.2, 0) is 10.3 Å². The molecular weight excluding hydrogens is 402 g/mol. The topological polar surface area (TPSA) is 71.4 Å². The van der Waals surface area contributed by atoms with E-state index in [1.54, 1.807) is 6.92 Å². The van der Waals surface area contributed by atoms with Crippen LogP contribution >= 0.6 is 0 Å². The fourth-order valence-corrected chi connectivity index (χ4v) is 4.29. The molecule has 2 heterocycles. The highest BCUT2D eigenvalue weighted by atomic mass is 16.2. The van der Waals surface area contributed by atoms with Crippen LogP contribution in [0.25, 0.3) is 5.69 Å². The minimum atomic E-state index is -1.19. The number of aromatic nitrogens is 1. The van der Waals surface area contributed by atoms with Crippen LogP contribution in [0.15, 0.2) is 54.6 Å². The Morgan fingerprint density at radius 1 is 0.906 bits per heavy atom. The maximum atomic E-state index is 13.2. The summed E-state index contributed by atoms with van der Waals surface area (Å²) in [6.45, 7) is 9.17. The van der Waals surface area contributed by atoms with Crippen LogP contribution in [0.1, 0.15) is 45.4 Å². The van der Waals surface area contributed by atoms with E-state index < -0.39 is 17.5 Å². The number of imide groups is 1. The van der Waals surface area contributed by atoms with Crippen LogP contribution < -0.4 is 5.32 Å². The average molecular weight is 430 g/mol. The Labute approximate surface area is 187 Å². The molecule has 1 atom stereocenters. The Morgan fingerprint density at radius 2 is 1.47 bits per heavy atom. The molecule has 0 aliphatic carbocycles. The van der Waals surface area contributed by atoms with Gasteiger partial charge in [-0.1, -0.05) is 47.5 Å². The number of ketones is 1. The van der Waals surface area contributed by atoms with Crippen molar-refractivity contribution in [1.29, 1.82) is 0 Å². The molecule has 0 saturated carbocycles. The molecule has 3 amide bonds. The monoisotopic (exact) mass is 429 g/mol. The summed E-state index contributed by atoms with van der Waals surface area (Å²) in [7, 11) is 0. The minimum absolute atomic E-state index is 0.270. The molecule has 1 aliphatic heterocycles. The SMILES string of the molecule is Cc1ccc(-n2c(C)cc(C(=O)CN3C(=O)NC(C)(c4ccc(C)cc4)C3=O)c2C)cc1. The van der Waals surface area contributed by atoms with Crippen LogP contribution in [0.5, 0.6) is 0 Å². The minimum Gasteiger partial charge on any atom is -0.319 e. The van der Waals surface area contributed by atoms with Crippen LogP contribution in [-0.4, -0.2) is 33.7 Å². The van der Waals surface area contributed by atoms with Gasteiger partial charge in [0.1, 0.15) is 5.54 Å². The van der Waals surface area contributed by atoms with Crippen molar-refractivity contribution in [2.75, 3.05) is 6.54 Å². The molecule has 1 aliphatic rings. The lowest BCUT2D eigenvalue weighted by Gasteiger charge is -2.22. The van der Waals surface area contributed by atoms with E-state index in [0.29, 0.717) is 11.1 Å². The zero-order valence-corrected chi connectivity index (χ0v) is 19.0. The van der Waals surface area contributed by atoms with Gasteiger partial charge in [-0.25, -0.2) is 4.79 Å². The lowest BCUT2D eigenvalue weighted by molar-refractivity contribution is -0.130. The molecule has 6 nitrogen and oxygen atoms in total. The van der Waals surface area contributed by atoms with E-state index in [1.807, 2.05) is 86.9 Å². The van der Waals surface area contributed by atoms with E-state index in [4.69, 9.17) is 0 Å². The number of nitrogens with zero attached hydrogens (tertiary/aromatic N) is 2. The summed E-state index contributed by atoms with van der Waals surface area (Å²) in [5.41, 5.74) is 4.88. The van der Waals surface area contributed by atoms with Gasteiger partial charge in [0.05, 0.1) is 6.54 Å². The second-order valence-electron chi connectivity index (χ2n) is 8.69. The summed E-state index contributed by atoms with van der Waals surface area (Å²) in [6.07, 6.45) is 0. The lowest BCUT2D eigenvalue weighted by atomic mass is 9.91. The highest BCUT2D eigenvalue weighted by Crippen LogP contribution is 2.30. The van der Waals surface area contributed by atoms with Crippen molar-refractivity contribution in [2.45, 2.75) is 40.2 Å². The number of hydrogen-bond acceptors (Lipinski definition) is 3. The Kier molecular flexibility index (Phi) is 5.25. The van der Waals surface area contributed by atoms with E-state index in [9.17, 15) is 14.4 Å². The first-order valence-electron chi connectivity index (χ1n) is 10.6. The molecule has 0 radical (unpaired) electrons. The van der Waals surface area contributed by atoms with Gasteiger partial charge in [0.25, 0.3) is 5.91 Å². The molecule has 1 N–H and O–H groups in total. The highest BCUT2D eigenvalue weighted by Gasteiger charge is 2.49. The van der Waals surface area contributed by atoms with Crippen LogP contribution in [0.3, 0.4) is 0 Å². The van der Waals surface area contributed by atoms with Gasteiger partial charge in [-0.2, -0.15) is 0 Å². The predicted molar refractivity (Wildman–Crippen MR) is 123 cm³/mol. The second-order valence-corrected chi connectivity index (χ2v) is 8.69. The molecule has 3 aromatic rings. The predicted octanol–water partition coefficient (Wildman–Crippen LogP) is 4.36. The van der Waals surface area contributed by atoms with E-state index in [0.717, 1.165) is 33.1 Å². The number of rotatable bonds is 5. The van der Waals surface area contributed by atoms with Gasteiger partial charge in [0, 0.05) is 22.6 Å². The number of urea groups is 1. The summed E-state index contributed by atoms with van der Waals surface area (Å²) in [4.78, 5) is 40.0. The number of Topliss-reactive ketones (excluding diaryl/α,β-unsaturated/α-hetero) is 1. The van der Waals surface area contributed by atoms with E-state index >= 15 is 0 Å². The first-order chi connectivity index (χ1) is 15.1. The van der Waals surface area contributed by atoms with Gasteiger partial charge in [0.15, 0.2) is 5.78 Å². The Morgan fingerprint density at radius 3 is 2.06 bits per heavy atom. The summed E-state index contributed by atoms with van der Waals surface area (Å²) >= 11 is 0. The zero-order chi connectivity index (χ0) is 23.2. The number of nitrogens with one attached hydrogen (secondary N) is 1. The number of carbonyl (C=O) groups is 3. The van der Waals surface area contributed by atoms with Crippen molar-refractivity contribution in [3.05, 3.63) is 88.2 Å². The largest absolute Gasteiger partial charge is 0.325 e. The maximum absolute atomic E-state index is 13.2. The molecule has 0 bridgehead atoms. The number of hydrogen-bond donors (Lipinski definition) is 1. The third-order valence-corrected chi connectivity index (χ3v) is 6.23. The van der Waals surface area contributed by atoms with Gasteiger partial charge in [0.2, 0.25) is 0 Å². The second kappa shape index (κ2) is 7.79. The van der Waals surface area contributed by atoms with Crippen molar-refractivity contribution >= 4 is 17.7 Å². The fourth-order valence-electron chi connectivity index (χ4n) is 4.29. The first-order valence-corrected chi connectivity index (χ1v) is 10.6. The van der Waals surface area contributed by atoms with Gasteiger partial charge in [-0.05, 0) is 58.4 Å². The summed E-state index contributed by atoms with van der Waals surface area (Å²) in [5.74, 6) is -0.694. The standard InChI is InChI=1S/C26H27N3O3/c1-16-6-10-20(11-7-16)26(5)24(31)28(25(32)27-26)15-23(30)22-14-18(3)29(19(22)4)21-12-8-17(2)9-13-21/h6-14H,15H2,1-5H3,(H,27,32). The van der Waals surface area contributed by atoms with E-state index in [-0.39, 0.29) is 12.3 Å². The molecule has 6 heteroatoms. The van der Waals surface area contributed by atoms with Crippen LogP contribution in [0, 0.1) is 27.7 Å². The average Bonchev–Trinajstić information content (AvgIpc) is 3.17. The van der Waals surface area contributed by atoms with Gasteiger partial charge >= 0.3 is 6.03 Å². The molecule has 2 aromatic carbocycles. The van der Waals surface area contributed by atoms with Gasteiger partial charge < -0.3 is 9.88 Å². The zero-order valence-electron chi connectivity index (χ0n) is 19.0. The molecule has 1 fully saturated rings. The molecule has 4 rings (SSSR count). The number of aryl methyl sites for hydroxylation is 3. The molecule has 1 unspecified atom stereocenters. The fraction of sp³-hybridized carbons (Fsp3) is 0.269. The Hall–Kier alpha value is -3.67. The quantitative estimate of drug-likeness (QED) is 0.484. The van der Waals surface area contributed by atoms with Crippen LogP contribution in [0.4, 0.5) is 4.79 Å². The third-order valence-electron chi connectivity index (χ3n) is 6.23. The normalized spacial score (nSPS) is 18.2. The van der Waals surface area contributed by atoms with Crippen LogP contribution in [0.2, 0.25) is 0 Å². The van der Waals surface area contributed by atoms with E-state index in [2.05, 4.69) is 5.32 Å². The molecule has 1 aromatic heterocycles. The third kappa shape index (κ3) is 3.51. The van der Waals surface area contributed by atoms with Crippen molar-refractivity contribution < 1.29 is 14.4 Å². The molecule has 164 valence electrons. The lowest BCUT2D eigenvalue weighted by Crippen LogP contribution is -2.41. The molecule has 32 heavy (non-hydrogen) atoms. The number of benzene rings is 2. The summed E-state index contributed by atoms with van der Waals surface area (Å²) < 4.78 is 2.01. The van der Waals surface area contributed by atoms with Gasteiger partial charge in [-0.3, -0.25) is 14.5 Å².